The summed E-state index contributed by atoms with van der Waals surface area (Å²) in [6, 6.07) is 16.6. The van der Waals surface area contributed by atoms with Crippen molar-refractivity contribution in [3.05, 3.63) is 72.3 Å². The Kier molecular flexibility index (Phi) is 7.29. The van der Waals surface area contributed by atoms with E-state index < -0.39 is 17.6 Å². The summed E-state index contributed by atoms with van der Waals surface area (Å²) in [5.74, 6) is -0.486. The first-order valence-electron chi connectivity index (χ1n) is 9.87. The molecular weight excluding hydrogens is 430 g/mol. The number of imidazole rings is 1. The minimum Gasteiger partial charge on any atom is -0.464 e. The average Bonchev–Trinajstić information content (AvgIpc) is 3.32. The number of rotatable bonds is 9. The van der Waals surface area contributed by atoms with Gasteiger partial charge in [-0.1, -0.05) is 35.9 Å². The summed E-state index contributed by atoms with van der Waals surface area (Å²) in [5.41, 5.74) is 0.927. The molecule has 0 N–H and O–H groups in total. The maximum atomic E-state index is 13.3. The van der Waals surface area contributed by atoms with E-state index in [-0.39, 0.29) is 18.8 Å². The Labute approximate surface area is 191 Å². The lowest BCUT2D eigenvalue weighted by molar-refractivity contribution is -0.151. The molecule has 0 saturated carbocycles. The van der Waals surface area contributed by atoms with Crippen LogP contribution in [0.15, 0.2) is 67.3 Å². The smallest absolute Gasteiger partial charge is 0.320 e. The average molecular weight is 452 g/mol. The Morgan fingerprint density at radius 2 is 1.75 bits per heavy atom. The van der Waals surface area contributed by atoms with Crippen molar-refractivity contribution in [2.75, 3.05) is 6.61 Å². The zero-order valence-corrected chi connectivity index (χ0v) is 18.5. The van der Waals surface area contributed by atoms with Crippen molar-refractivity contribution < 1.29 is 19.1 Å². The highest BCUT2D eigenvalue weighted by Gasteiger charge is 2.37. The molecule has 7 nitrogen and oxygen atoms in total. The quantitative estimate of drug-likeness (QED) is 0.432. The normalized spacial score (nSPS) is 11.9. The second kappa shape index (κ2) is 10.1. The van der Waals surface area contributed by atoms with Gasteiger partial charge in [0.25, 0.3) is 0 Å². The largest absolute Gasteiger partial charge is 0.464 e. The summed E-state index contributed by atoms with van der Waals surface area (Å²) in [7, 11) is 0. The number of ketones is 1. The summed E-state index contributed by atoms with van der Waals surface area (Å²) >= 11 is 5.95. The van der Waals surface area contributed by atoms with Crippen molar-refractivity contribution in [2.45, 2.75) is 26.5 Å². The van der Waals surface area contributed by atoms with Crippen molar-refractivity contribution in [1.29, 1.82) is 5.26 Å². The summed E-state index contributed by atoms with van der Waals surface area (Å²) in [6.45, 7) is 3.15. The van der Waals surface area contributed by atoms with Crippen LogP contribution in [0.2, 0.25) is 5.02 Å². The van der Waals surface area contributed by atoms with E-state index in [9.17, 15) is 9.59 Å². The van der Waals surface area contributed by atoms with E-state index in [0.29, 0.717) is 10.8 Å². The van der Waals surface area contributed by atoms with E-state index in [1.54, 1.807) is 49.0 Å². The molecule has 3 aromatic rings. The van der Waals surface area contributed by atoms with Crippen LogP contribution in [0.4, 0.5) is 0 Å². The zero-order chi connectivity index (χ0) is 23.1. The third kappa shape index (κ3) is 5.74. The standard InChI is InChI=1S/C24H22ClN3O4/c1-24(2,15-31-21(29)11-12-26)22(30)23(28-14-13-27-16-28)32-20-9-5-18(6-10-20)17-3-7-19(25)8-4-17/h3-10,13-14,16,23H,11,15H2,1-2H3. The molecule has 0 amide bonds. The van der Waals surface area contributed by atoms with Crippen LogP contribution in [0.3, 0.4) is 0 Å². The molecule has 1 heterocycles. The summed E-state index contributed by atoms with van der Waals surface area (Å²) in [6.07, 6.45) is 3.28. The molecule has 0 spiro atoms. The lowest BCUT2D eigenvalue weighted by Crippen LogP contribution is -2.39. The highest BCUT2D eigenvalue weighted by Crippen LogP contribution is 2.29. The summed E-state index contributed by atoms with van der Waals surface area (Å²) < 4.78 is 12.7. The summed E-state index contributed by atoms with van der Waals surface area (Å²) in [5, 5.41) is 9.27. The van der Waals surface area contributed by atoms with Crippen LogP contribution < -0.4 is 4.74 Å². The highest BCUT2D eigenvalue weighted by molar-refractivity contribution is 6.30. The lowest BCUT2D eigenvalue weighted by atomic mass is 9.88. The molecule has 32 heavy (non-hydrogen) atoms. The van der Waals surface area contributed by atoms with Crippen LogP contribution in [-0.4, -0.2) is 27.9 Å². The minimum atomic E-state index is -1.05. The van der Waals surface area contributed by atoms with Crippen molar-refractivity contribution >= 4 is 23.4 Å². The van der Waals surface area contributed by atoms with E-state index in [1.807, 2.05) is 36.4 Å². The fourth-order valence-corrected chi connectivity index (χ4v) is 3.06. The fourth-order valence-electron chi connectivity index (χ4n) is 2.94. The van der Waals surface area contributed by atoms with Gasteiger partial charge < -0.3 is 9.47 Å². The SMILES string of the molecule is CC(C)(COC(=O)CC#N)C(=O)C(Oc1ccc(-c2ccc(Cl)cc2)cc1)n1ccnc1. The van der Waals surface area contributed by atoms with Crippen LogP contribution in [-0.2, 0) is 14.3 Å². The number of hydrogen-bond donors (Lipinski definition) is 0. The van der Waals surface area contributed by atoms with Crippen molar-refractivity contribution in [3.63, 3.8) is 0 Å². The number of Topliss-reactive ketones (excluding diaryl/α,β-unsaturated/α-hetero) is 1. The number of carbonyl (C=O) groups excluding carboxylic acids is 2. The number of halogens is 1. The van der Waals surface area contributed by atoms with E-state index >= 15 is 0 Å². The van der Waals surface area contributed by atoms with Gasteiger partial charge in [-0.25, -0.2) is 4.98 Å². The molecule has 0 saturated heterocycles. The number of esters is 1. The van der Waals surface area contributed by atoms with Crippen LogP contribution in [0.25, 0.3) is 11.1 Å². The number of aromatic nitrogens is 2. The molecule has 164 valence electrons. The first kappa shape index (κ1) is 23.0. The third-order valence-electron chi connectivity index (χ3n) is 4.78. The Balaban J connectivity index is 1.78. The molecule has 0 fully saturated rings. The van der Waals surface area contributed by atoms with Gasteiger partial charge in [-0.05, 0) is 49.2 Å². The molecule has 0 aliphatic rings. The third-order valence-corrected chi connectivity index (χ3v) is 5.04. The van der Waals surface area contributed by atoms with Crippen molar-refractivity contribution in [1.82, 2.24) is 9.55 Å². The molecule has 0 aliphatic heterocycles. The van der Waals surface area contributed by atoms with Crippen LogP contribution >= 0.6 is 11.6 Å². The molecule has 3 rings (SSSR count). The van der Waals surface area contributed by atoms with Crippen LogP contribution in [0, 0.1) is 16.7 Å². The van der Waals surface area contributed by atoms with Gasteiger partial charge >= 0.3 is 5.97 Å². The number of hydrogen-bond acceptors (Lipinski definition) is 6. The van der Waals surface area contributed by atoms with Gasteiger partial charge in [0.05, 0.1) is 17.8 Å². The number of nitrogens with zero attached hydrogens (tertiary/aromatic N) is 3. The number of carbonyl (C=O) groups is 2. The molecule has 0 bridgehead atoms. The van der Waals surface area contributed by atoms with E-state index in [1.165, 1.54) is 6.33 Å². The molecule has 8 heteroatoms. The fraction of sp³-hybridized carbons (Fsp3) is 0.250. The van der Waals surface area contributed by atoms with Gasteiger partial charge in [0.1, 0.15) is 18.8 Å². The number of benzene rings is 2. The Morgan fingerprint density at radius 1 is 1.12 bits per heavy atom. The molecule has 1 aromatic heterocycles. The number of ether oxygens (including phenoxy) is 2. The second-order valence-electron chi connectivity index (χ2n) is 7.76. The van der Waals surface area contributed by atoms with E-state index in [2.05, 4.69) is 4.98 Å². The topological polar surface area (TPSA) is 94.2 Å². The second-order valence-corrected chi connectivity index (χ2v) is 8.19. The van der Waals surface area contributed by atoms with Gasteiger partial charge in [0, 0.05) is 17.4 Å². The predicted molar refractivity (Wildman–Crippen MR) is 119 cm³/mol. The highest BCUT2D eigenvalue weighted by atomic mass is 35.5. The molecule has 1 atom stereocenters. The summed E-state index contributed by atoms with van der Waals surface area (Å²) in [4.78, 5) is 28.9. The van der Waals surface area contributed by atoms with Gasteiger partial charge in [-0.3, -0.25) is 14.2 Å². The first-order valence-corrected chi connectivity index (χ1v) is 10.2. The van der Waals surface area contributed by atoms with Crippen LogP contribution in [0.5, 0.6) is 5.75 Å². The number of nitriles is 1. The zero-order valence-electron chi connectivity index (χ0n) is 17.7. The Bertz CT molecular complexity index is 1100. The van der Waals surface area contributed by atoms with Crippen molar-refractivity contribution in [3.8, 4) is 22.9 Å². The van der Waals surface area contributed by atoms with Gasteiger partial charge in [-0.15, -0.1) is 0 Å². The van der Waals surface area contributed by atoms with Crippen LogP contribution in [0.1, 0.15) is 26.5 Å². The van der Waals surface area contributed by atoms with E-state index in [4.69, 9.17) is 26.3 Å². The van der Waals surface area contributed by atoms with Gasteiger partial charge in [-0.2, -0.15) is 5.26 Å². The molecule has 0 aliphatic carbocycles. The maximum absolute atomic E-state index is 13.3. The molecular formula is C24H22ClN3O4. The Hall–Kier alpha value is -3.63. The van der Waals surface area contributed by atoms with Gasteiger partial charge in [0.15, 0.2) is 0 Å². The van der Waals surface area contributed by atoms with E-state index in [0.717, 1.165) is 11.1 Å². The lowest BCUT2D eigenvalue weighted by Gasteiger charge is -2.28. The maximum Gasteiger partial charge on any atom is 0.320 e. The Morgan fingerprint density at radius 3 is 2.31 bits per heavy atom. The first-order chi connectivity index (χ1) is 15.3. The monoisotopic (exact) mass is 451 g/mol. The molecule has 0 radical (unpaired) electrons. The van der Waals surface area contributed by atoms with Gasteiger partial charge in [0.2, 0.25) is 12.0 Å². The molecule has 2 aromatic carbocycles. The van der Waals surface area contributed by atoms with Crippen molar-refractivity contribution in [2.24, 2.45) is 5.41 Å². The predicted octanol–water partition coefficient (Wildman–Crippen LogP) is 4.83. The minimum absolute atomic E-state index is 0.170. The molecule has 1 unspecified atom stereocenters.